The van der Waals surface area contributed by atoms with Crippen LogP contribution in [0.3, 0.4) is 0 Å². The van der Waals surface area contributed by atoms with Crippen molar-refractivity contribution in [1.82, 2.24) is 4.31 Å². The monoisotopic (exact) mass is 295 g/mol. The summed E-state index contributed by atoms with van der Waals surface area (Å²) in [5.74, 6) is -2.37. The number of esters is 1. The van der Waals surface area contributed by atoms with E-state index in [0.717, 1.165) is 4.31 Å². The summed E-state index contributed by atoms with van der Waals surface area (Å²) in [7, 11) is -2.66. The average Bonchev–Trinajstić information content (AvgIpc) is 2.25. The fourth-order valence-corrected chi connectivity index (χ4v) is 3.58. The minimum Gasteiger partial charge on any atom is -0.480 e. The van der Waals surface area contributed by atoms with Crippen LogP contribution >= 0.6 is 0 Å². The SMILES string of the molecule is CCCN(CC(=O)O)S(=O)(=O)CC(C)(C)C(=O)OC. The predicted molar refractivity (Wildman–Crippen MR) is 69.1 cm³/mol. The van der Waals surface area contributed by atoms with Crippen LogP contribution in [0, 0.1) is 5.41 Å². The number of aliphatic carboxylic acids is 1. The van der Waals surface area contributed by atoms with E-state index in [1.165, 1.54) is 21.0 Å². The number of methoxy groups -OCH3 is 1. The Morgan fingerprint density at radius 3 is 2.21 bits per heavy atom. The van der Waals surface area contributed by atoms with E-state index in [2.05, 4.69) is 4.74 Å². The number of sulfonamides is 1. The lowest BCUT2D eigenvalue weighted by Gasteiger charge is -2.26. The van der Waals surface area contributed by atoms with Crippen LogP contribution in [0.5, 0.6) is 0 Å². The molecule has 0 aliphatic heterocycles. The molecule has 0 aromatic heterocycles. The van der Waals surface area contributed by atoms with E-state index in [1.54, 1.807) is 6.92 Å². The van der Waals surface area contributed by atoms with Crippen LogP contribution in [0.1, 0.15) is 27.2 Å². The predicted octanol–water partition coefficient (Wildman–Crippen LogP) is 0.312. The molecule has 0 unspecified atom stereocenters. The van der Waals surface area contributed by atoms with E-state index >= 15 is 0 Å². The molecular formula is C11H21NO6S. The van der Waals surface area contributed by atoms with Crippen LogP contribution < -0.4 is 0 Å². The summed E-state index contributed by atoms with van der Waals surface area (Å²) < 4.78 is 29.7. The van der Waals surface area contributed by atoms with E-state index in [-0.39, 0.29) is 6.54 Å². The van der Waals surface area contributed by atoms with Crippen molar-refractivity contribution in [1.29, 1.82) is 0 Å². The molecule has 0 bridgehead atoms. The molecule has 0 aromatic rings. The zero-order valence-electron chi connectivity index (χ0n) is 11.7. The molecule has 0 aliphatic rings. The van der Waals surface area contributed by atoms with E-state index in [1.807, 2.05) is 0 Å². The van der Waals surface area contributed by atoms with Crippen molar-refractivity contribution in [3.8, 4) is 0 Å². The molecule has 0 spiro atoms. The van der Waals surface area contributed by atoms with Gasteiger partial charge in [0.1, 0.15) is 6.54 Å². The maximum Gasteiger partial charge on any atom is 0.318 e. The highest BCUT2D eigenvalue weighted by Gasteiger charge is 2.37. The second kappa shape index (κ2) is 6.85. The summed E-state index contributed by atoms with van der Waals surface area (Å²) in [6, 6.07) is 0. The Kier molecular flexibility index (Phi) is 6.44. The Bertz CT molecular complexity index is 428. The second-order valence-electron chi connectivity index (χ2n) is 4.86. The quantitative estimate of drug-likeness (QED) is 0.647. The van der Waals surface area contributed by atoms with Gasteiger partial charge in [-0.05, 0) is 20.3 Å². The van der Waals surface area contributed by atoms with Gasteiger partial charge in [-0.2, -0.15) is 4.31 Å². The van der Waals surface area contributed by atoms with Crippen LogP contribution in [0.4, 0.5) is 0 Å². The Hall–Kier alpha value is -1.15. The summed E-state index contributed by atoms with van der Waals surface area (Å²) in [4.78, 5) is 22.2. The van der Waals surface area contributed by atoms with Gasteiger partial charge in [-0.15, -0.1) is 0 Å². The van der Waals surface area contributed by atoms with Crippen molar-refractivity contribution in [3.05, 3.63) is 0 Å². The maximum absolute atomic E-state index is 12.1. The molecule has 0 rings (SSSR count). The minimum atomic E-state index is -3.84. The van der Waals surface area contributed by atoms with Gasteiger partial charge >= 0.3 is 11.9 Å². The van der Waals surface area contributed by atoms with E-state index in [9.17, 15) is 18.0 Å². The Morgan fingerprint density at radius 1 is 1.32 bits per heavy atom. The lowest BCUT2D eigenvalue weighted by atomic mass is 9.97. The third-order valence-corrected chi connectivity index (χ3v) is 4.64. The molecule has 0 saturated carbocycles. The molecule has 8 heteroatoms. The Morgan fingerprint density at radius 2 is 1.84 bits per heavy atom. The highest BCUT2D eigenvalue weighted by molar-refractivity contribution is 7.89. The van der Waals surface area contributed by atoms with Crippen molar-refractivity contribution in [2.24, 2.45) is 5.41 Å². The largest absolute Gasteiger partial charge is 0.480 e. The number of nitrogens with zero attached hydrogens (tertiary/aromatic N) is 1. The zero-order valence-corrected chi connectivity index (χ0v) is 12.5. The maximum atomic E-state index is 12.1. The molecule has 0 aromatic carbocycles. The molecule has 112 valence electrons. The Labute approximate surface area is 113 Å². The molecule has 0 amide bonds. The van der Waals surface area contributed by atoms with Gasteiger partial charge < -0.3 is 9.84 Å². The zero-order chi connectivity index (χ0) is 15.3. The highest BCUT2D eigenvalue weighted by atomic mass is 32.2. The molecule has 0 saturated heterocycles. The summed E-state index contributed by atoms with van der Waals surface area (Å²) in [5.41, 5.74) is -1.22. The third-order valence-electron chi connectivity index (χ3n) is 2.46. The number of carbonyl (C=O) groups excluding carboxylic acids is 1. The van der Waals surface area contributed by atoms with Crippen molar-refractivity contribution in [2.75, 3.05) is 26.0 Å². The lowest BCUT2D eigenvalue weighted by Crippen LogP contribution is -2.43. The van der Waals surface area contributed by atoms with Crippen molar-refractivity contribution < 1.29 is 27.9 Å². The Balaban J connectivity index is 5.11. The van der Waals surface area contributed by atoms with Gasteiger partial charge in [-0.3, -0.25) is 9.59 Å². The molecular weight excluding hydrogens is 274 g/mol. The van der Waals surface area contributed by atoms with Gasteiger partial charge in [0.2, 0.25) is 10.0 Å². The van der Waals surface area contributed by atoms with Gasteiger partial charge in [0, 0.05) is 6.54 Å². The third kappa shape index (κ3) is 5.56. The molecule has 7 nitrogen and oxygen atoms in total. The fraction of sp³-hybridized carbons (Fsp3) is 0.818. The van der Waals surface area contributed by atoms with Crippen LogP contribution in [-0.2, 0) is 24.3 Å². The molecule has 1 N–H and O–H groups in total. The van der Waals surface area contributed by atoms with Crippen LogP contribution in [-0.4, -0.2) is 55.7 Å². The van der Waals surface area contributed by atoms with Gasteiger partial charge in [0.25, 0.3) is 0 Å². The first kappa shape index (κ1) is 17.8. The number of carboxylic acids is 1. The lowest BCUT2D eigenvalue weighted by molar-refractivity contribution is -0.149. The number of hydrogen-bond donors (Lipinski definition) is 1. The van der Waals surface area contributed by atoms with Crippen molar-refractivity contribution in [2.45, 2.75) is 27.2 Å². The first-order chi connectivity index (χ1) is 8.56. The van der Waals surface area contributed by atoms with Crippen LogP contribution in [0.15, 0.2) is 0 Å². The number of ether oxygens (including phenoxy) is 1. The smallest absolute Gasteiger partial charge is 0.318 e. The van der Waals surface area contributed by atoms with Crippen LogP contribution in [0.2, 0.25) is 0 Å². The molecule has 0 aliphatic carbocycles. The summed E-state index contributed by atoms with van der Waals surface area (Å²) in [5, 5.41) is 8.73. The van der Waals surface area contributed by atoms with Crippen LogP contribution in [0.25, 0.3) is 0 Å². The number of hydrogen-bond acceptors (Lipinski definition) is 5. The summed E-state index contributed by atoms with van der Waals surface area (Å²) in [6.07, 6.45) is 0.491. The van der Waals surface area contributed by atoms with Gasteiger partial charge in [-0.25, -0.2) is 8.42 Å². The van der Waals surface area contributed by atoms with Gasteiger partial charge in [-0.1, -0.05) is 6.92 Å². The summed E-state index contributed by atoms with van der Waals surface area (Å²) >= 11 is 0. The molecule has 19 heavy (non-hydrogen) atoms. The molecule has 0 radical (unpaired) electrons. The van der Waals surface area contributed by atoms with E-state index < -0.39 is 39.7 Å². The summed E-state index contributed by atoms with van der Waals surface area (Å²) in [6.45, 7) is 4.14. The molecule has 0 atom stereocenters. The van der Waals surface area contributed by atoms with Gasteiger partial charge in [0.05, 0.1) is 18.3 Å². The molecule has 0 heterocycles. The van der Waals surface area contributed by atoms with Crippen molar-refractivity contribution >= 4 is 22.0 Å². The average molecular weight is 295 g/mol. The molecule has 0 fully saturated rings. The fourth-order valence-electron chi connectivity index (χ4n) is 1.60. The van der Waals surface area contributed by atoms with E-state index in [0.29, 0.717) is 6.42 Å². The van der Waals surface area contributed by atoms with Crippen molar-refractivity contribution in [3.63, 3.8) is 0 Å². The first-order valence-corrected chi connectivity index (χ1v) is 7.45. The second-order valence-corrected chi connectivity index (χ2v) is 6.83. The topological polar surface area (TPSA) is 101 Å². The highest BCUT2D eigenvalue weighted by Crippen LogP contribution is 2.22. The normalized spacial score (nSPS) is 12.5. The number of carbonyl (C=O) groups is 2. The standard InChI is InChI=1S/C11H21NO6S/c1-5-6-12(7-9(13)14)19(16,17)8-11(2,3)10(15)18-4/h5-8H2,1-4H3,(H,13,14). The number of carboxylic acid groups (broad SMARTS) is 1. The number of rotatable bonds is 8. The van der Waals surface area contributed by atoms with Gasteiger partial charge in [0.15, 0.2) is 0 Å². The van der Waals surface area contributed by atoms with E-state index in [4.69, 9.17) is 5.11 Å². The first-order valence-electron chi connectivity index (χ1n) is 5.85. The minimum absolute atomic E-state index is 0.103.